The Bertz CT molecular complexity index is 943. The van der Waals surface area contributed by atoms with Crippen molar-refractivity contribution >= 4 is 25.7 Å². The molecule has 4 nitrogen and oxygen atoms in total. The highest BCUT2D eigenvalue weighted by Crippen LogP contribution is 2.46. The van der Waals surface area contributed by atoms with Crippen LogP contribution in [0.15, 0.2) is 48.5 Å². The molecule has 0 saturated carbocycles. The third-order valence-corrected chi connectivity index (χ3v) is 9.59. The molecule has 2 aliphatic heterocycles. The predicted octanol–water partition coefficient (Wildman–Crippen LogP) is 5.56. The van der Waals surface area contributed by atoms with Crippen LogP contribution >= 0.6 is 0 Å². The summed E-state index contributed by atoms with van der Waals surface area (Å²) in [7, 11) is -2.87. The van der Waals surface area contributed by atoms with Crippen molar-refractivity contribution in [1.29, 1.82) is 0 Å². The average Bonchev–Trinajstić information content (AvgIpc) is 3.08. The molecule has 1 N–H and O–H groups in total. The molecule has 0 spiro atoms. The van der Waals surface area contributed by atoms with Gasteiger partial charge in [-0.15, -0.1) is 0 Å². The van der Waals surface area contributed by atoms with E-state index in [1.165, 1.54) is 11.1 Å². The molecule has 2 aromatic rings. The van der Waals surface area contributed by atoms with Crippen LogP contribution < -0.4 is 4.90 Å². The molecule has 2 heterocycles. The minimum Gasteiger partial charge on any atom is -0.396 e. The van der Waals surface area contributed by atoms with Crippen molar-refractivity contribution in [3.05, 3.63) is 59.7 Å². The molecule has 4 rings (SSSR count). The zero-order valence-electron chi connectivity index (χ0n) is 19.3. The van der Waals surface area contributed by atoms with Gasteiger partial charge in [-0.05, 0) is 74.0 Å². The number of carbonyl (C=O) groups is 1. The maximum Gasteiger partial charge on any atom is 0.246 e. The zero-order valence-corrected chi connectivity index (χ0v) is 20.3. The second kappa shape index (κ2) is 9.46. The Morgan fingerprint density at radius 3 is 2.47 bits per heavy atom. The van der Waals surface area contributed by atoms with Crippen molar-refractivity contribution in [3.63, 3.8) is 0 Å². The molecule has 6 heteroatoms. The molecule has 1 amide bonds. The normalized spacial score (nSPS) is 25.8. The van der Waals surface area contributed by atoms with Crippen LogP contribution in [-0.2, 0) is 22.4 Å². The Labute approximate surface area is 191 Å². The van der Waals surface area contributed by atoms with Crippen LogP contribution in [0.25, 0.3) is 0 Å². The minimum absolute atomic E-state index is 0.00861. The fraction of sp³-hybridized carbons (Fsp3) is 0.500. The molecule has 0 unspecified atom stereocenters. The van der Waals surface area contributed by atoms with Gasteiger partial charge in [0.2, 0.25) is 14.3 Å². The summed E-state index contributed by atoms with van der Waals surface area (Å²) in [5, 5.41) is 9.39. The third kappa shape index (κ3) is 4.68. The van der Waals surface area contributed by atoms with E-state index in [0.29, 0.717) is 12.8 Å². The zero-order chi connectivity index (χ0) is 22.9. The number of hydrogen-bond acceptors (Lipinski definition) is 3. The number of para-hydroxylation sites is 1. The molecule has 0 bridgehead atoms. The number of aliphatic hydroxyl groups excluding tert-OH is 1. The van der Waals surface area contributed by atoms with Gasteiger partial charge in [-0.2, -0.15) is 0 Å². The summed E-state index contributed by atoms with van der Waals surface area (Å²) in [5.41, 5.74) is 4.18. The van der Waals surface area contributed by atoms with Gasteiger partial charge in [0.15, 0.2) is 0 Å². The van der Waals surface area contributed by atoms with Crippen LogP contribution in [0.2, 0.25) is 18.6 Å². The number of aliphatic hydroxyl groups is 1. The molecule has 0 radical (unpaired) electrons. The molecular formula is C26H34FNO3Si. The molecule has 2 aromatic carbocycles. The second-order valence-electron chi connectivity index (χ2n) is 9.74. The molecule has 4 atom stereocenters. The van der Waals surface area contributed by atoms with Crippen LogP contribution in [0.3, 0.4) is 0 Å². The number of carbonyl (C=O) groups excluding carboxylic acids is 1. The van der Waals surface area contributed by atoms with E-state index >= 15 is 0 Å². The first kappa shape index (κ1) is 23.1. The lowest BCUT2D eigenvalue weighted by atomic mass is 9.95. The summed E-state index contributed by atoms with van der Waals surface area (Å²) in [6.45, 7) is 5.64. The topological polar surface area (TPSA) is 49.8 Å². The van der Waals surface area contributed by atoms with Gasteiger partial charge in [0.1, 0.15) is 0 Å². The number of benzene rings is 2. The van der Waals surface area contributed by atoms with Crippen molar-refractivity contribution in [2.75, 3.05) is 11.5 Å². The minimum atomic E-state index is -2.87. The predicted molar refractivity (Wildman–Crippen MR) is 129 cm³/mol. The number of hydrogen-bond donors (Lipinski definition) is 1. The Morgan fingerprint density at radius 1 is 1.06 bits per heavy atom. The third-order valence-electron chi connectivity index (χ3n) is 7.11. The van der Waals surface area contributed by atoms with Crippen LogP contribution in [0.1, 0.15) is 37.3 Å². The summed E-state index contributed by atoms with van der Waals surface area (Å²) < 4.78 is 21.2. The van der Waals surface area contributed by atoms with Gasteiger partial charge in [-0.1, -0.05) is 37.3 Å². The largest absolute Gasteiger partial charge is 0.396 e. The molecule has 2 aliphatic rings. The van der Waals surface area contributed by atoms with Gasteiger partial charge in [-0.3, -0.25) is 9.69 Å². The average molecular weight is 456 g/mol. The number of aryl methyl sites for hydroxylation is 2. The summed E-state index contributed by atoms with van der Waals surface area (Å²) in [6, 6.07) is 16.3. The lowest BCUT2D eigenvalue weighted by Crippen LogP contribution is -2.36. The van der Waals surface area contributed by atoms with Gasteiger partial charge < -0.3 is 14.0 Å². The van der Waals surface area contributed by atoms with Crippen molar-refractivity contribution in [3.8, 4) is 0 Å². The van der Waals surface area contributed by atoms with E-state index in [4.69, 9.17) is 4.74 Å². The standard InChI is InChI=1S/C26H34FNO3Si/c1-18-23(31-24(16-17-29)26(18)32(2,3)27)14-10-19-8-12-21(13-9-19)28-22-7-5-4-6-20(22)11-15-25(28)30/h4-9,12-13,18,23-24,26,29H,10-11,14-17H2,1-3H3/t18-,23+,24-,26+/m0/s1. The van der Waals surface area contributed by atoms with Gasteiger partial charge in [0.25, 0.3) is 0 Å². The number of anilines is 2. The quantitative estimate of drug-likeness (QED) is 0.439. The molecular weight excluding hydrogens is 421 g/mol. The Kier molecular flexibility index (Phi) is 6.84. The fourth-order valence-electron chi connectivity index (χ4n) is 5.61. The first-order chi connectivity index (χ1) is 15.3. The van der Waals surface area contributed by atoms with Crippen LogP contribution in [0, 0.1) is 5.92 Å². The van der Waals surface area contributed by atoms with E-state index in [9.17, 15) is 14.0 Å². The SMILES string of the molecule is C[C@@H]1[C@@H]([Si](C)(C)F)[C@H](CCO)O[C@@H]1CCc1ccc(N2C(=O)CCc3ccccc32)cc1. The van der Waals surface area contributed by atoms with Crippen LogP contribution in [0.4, 0.5) is 15.5 Å². The van der Waals surface area contributed by atoms with Crippen LogP contribution in [0.5, 0.6) is 0 Å². The Balaban J connectivity index is 1.43. The van der Waals surface area contributed by atoms with Gasteiger partial charge in [0.05, 0.1) is 17.9 Å². The van der Waals surface area contributed by atoms with E-state index in [0.717, 1.165) is 30.6 Å². The smallest absolute Gasteiger partial charge is 0.246 e. The maximum absolute atomic E-state index is 15.0. The van der Waals surface area contributed by atoms with E-state index in [1.807, 2.05) is 35.2 Å². The van der Waals surface area contributed by atoms with Crippen molar-refractivity contribution in [1.82, 2.24) is 0 Å². The number of ether oxygens (including phenoxy) is 1. The summed E-state index contributed by atoms with van der Waals surface area (Å²) >= 11 is 0. The summed E-state index contributed by atoms with van der Waals surface area (Å²) in [5.74, 6) is 0.281. The van der Waals surface area contributed by atoms with Crippen molar-refractivity contribution < 1.29 is 18.7 Å². The molecule has 1 fully saturated rings. The molecule has 1 saturated heterocycles. The number of amides is 1. The highest BCUT2D eigenvalue weighted by atomic mass is 28.4. The van der Waals surface area contributed by atoms with Gasteiger partial charge in [0, 0.05) is 24.3 Å². The molecule has 0 aliphatic carbocycles. The van der Waals surface area contributed by atoms with Crippen molar-refractivity contribution in [2.45, 2.75) is 69.9 Å². The van der Waals surface area contributed by atoms with Gasteiger partial charge in [-0.25, -0.2) is 0 Å². The van der Waals surface area contributed by atoms with E-state index in [-0.39, 0.29) is 36.2 Å². The molecule has 0 aromatic heterocycles. The Morgan fingerprint density at radius 2 is 1.78 bits per heavy atom. The highest BCUT2D eigenvalue weighted by molar-refractivity contribution is 6.72. The lowest BCUT2D eigenvalue weighted by molar-refractivity contribution is -0.118. The van der Waals surface area contributed by atoms with E-state index in [2.05, 4.69) is 25.1 Å². The summed E-state index contributed by atoms with van der Waals surface area (Å²) in [4.78, 5) is 14.5. The number of halogens is 1. The first-order valence-electron chi connectivity index (χ1n) is 11.7. The monoisotopic (exact) mass is 455 g/mol. The van der Waals surface area contributed by atoms with Crippen molar-refractivity contribution in [2.24, 2.45) is 5.92 Å². The van der Waals surface area contributed by atoms with E-state index in [1.54, 1.807) is 13.1 Å². The fourth-order valence-corrected chi connectivity index (χ4v) is 8.20. The summed E-state index contributed by atoms with van der Waals surface area (Å²) in [6.07, 6.45) is 3.32. The first-order valence-corrected chi connectivity index (χ1v) is 14.7. The number of rotatable bonds is 7. The maximum atomic E-state index is 15.0. The second-order valence-corrected chi connectivity index (χ2v) is 13.5. The number of nitrogens with zero attached hydrogens (tertiary/aromatic N) is 1. The molecule has 172 valence electrons. The number of fused-ring (bicyclic) bond motifs is 1. The van der Waals surface area contributed by atoms with Crippen LogP contribution in [-0.4, -0.2) is 38.2 Å². The lowest BCUT2D eigenvalue weighted by Gasteiger charge is -2.29. The molecule has 32 heavy (non-hydrogen) atoms. The highest BCUT2D eigenvalue weighted by Gasteiger charge is 2.50. The van der Waals surface area contributed by atoms with Gasteiger partial charge >= 0.3 is 0 Å². The van der Waals surface area contributed by atoms with E-state index < -0.39 is 8.41 Å². The Hall–Kier alpha value is -2.02.